The molecule has 0 aromatic heterocycles. The van der Waals surface area contributed by atoms with E-state index < -0.39 is 47.5 Å². The second-order valence-corrected chi connectivity index (χ2v) is 3.44. The zero-order chi connectivity index (χ0) is 15.3. The third-order valence-corrected chi connectivity index (χ3v) is 1.97. The molecule has 0 aliphatic heterocycles. The average molecular weight is 295 g/mol. The van der Waals surface area contributed by atoms with Crippen LogP contribution in [0.4, 0.5) is 18.9 Å². The second-order valence-electron chi connectivity index (χ2n) is 3.44. The van der Waals surface area contributed by atoms with Gasteiger partial charge in [0.1, 0.15) is 12.2 Å². The van der Waals surface area contributed by atoms with Gasteiger partial charge in [-0.2, -0.15) is 13.2 Å². The minimum atomic E-state index is -4.58. The Morgan fingerprint density at radius 1 is 1.40 bits per heavy atom. The van der Waals surface area contributed by atoms with Crippen LogP contribution in [-0.2, 0) is 4.74 Å². The zero-order valence-electron chi connectivity index (χ0n) is 9.72. The van der Waals surface area contributed by atoms with Crippen LogP contribution in [0.5, 0.6) is 5.75 Å². The van der Waals surface area contributed by atoms with Crippen molar-refractivity contribution in [2.75, 3.05) is 13.4 Å². The Labute approximate surface area is 109 Å². The molecule has 0 atom stereocenters. The van der Waals surface area contributed by atoms with Gasteiger partial charge < -0.3 is 14.6 Å². The Morgan fingerprint density at radius 2 is 2.05 bits per heavy atom. The molecule has 20 heavy (non-hydrogen) atoms. The van der Waals surface area contributed by atoms with E-state index in [1.165, 1.54) is 0 Å². The van der Waals surface area contributed by atoms with Crippen LogP contribution in [0.3, 0.4) is 0 Å². The second kappa shape index (κ2) is 6.19. The van der Waals surface area contributed by atoms with Crippen LogP contribution in [0.2, 0.25) is 0 Å². The number of halogens is 3. The molecule has 7 nitrogen and oxygen atoms in total. The van der Waals surface area contributed by atoms with Crippen LogP contribution < -0.4 is 4.74 Å². The number of nitro benzene ring substituents is 1. The molecule has 0 heterocycles. The van der Waals surface area contributed by atoms with E-state index in [1.54, 1.807) is 0 Å². The maximum absolute atomic E-state index is 11.8. The summed E-state index contributed by atoms with van der Waals surface area (Å²) in [6.45, 7) is -2.58. The number of aromatic carboxylic acids is 1. The molecule has 1 N–H and O–H groups in total. The summed E-state index contributed by atoms with van der Waals surface area (Å²) in [6.07, 6.45) is -4.58. The zero-order valence-corrected chi connectivity index (χ0v) is 9.72. The maximum Gasteiger partial charge on any atom is 0.411 e. The quantitative estimate of drug-likeness (QED) is 0.374. The Morgan fingerprint density at radius 3 is 2.55 bits per heavy atom. The van der Waals surface area contributed by atoms with E-state index in [4.69, 9.17) is 5.11 Å². The van der Waals surface area contributed by atoms with Crippen molar-refractivity contribution in [1.82, 2.24) is 0 Å². The predicted octanol–water partition coefficient (Wildman–Crippen LogP) is 2.21. The van der Waals surface area contributed by atoms with Crippen LogP contribution in [0, 0.1) is 10.1 Å². The monoisotopic (exact) mass is 295 g/mol. The lowest BCUT2D eigenvalue weighted by molar-refractivity contribution is -0.386. The topological polar surface area (TPSA) is 98.9 Å². The van der Waals surface area contributed by atoms with E-state index in [2.05, 4.69) is 9.47 Å². The molecule has 1 aromatic carbocycles. The van der Waals surface area contributed by atoms with Crippen LogP contribution in [0.25, 0.3) is 0 Å². The first-order valence-corrected chi connectivity index (χ1v) is 5.00. The Hall–Kier alpha value is -2.36. The normalized spacial score (nSPS) is 11.2. The molecular formula is C10H8F3NO6. The maximum atomic E-state index is 11.8. The highest BCUT2D eigenvalue weighted by Gasteiger charge is 2.28. The summed E-state index contributed by atoms with van der Waals surface area (Å²) in [7, 11) is 0. The summed E-state index contributed by atoms with van der Waals surface area (Å²) in [5.41, 5.74) is -1.23. The standard InChI is InChI=1S/C10H8F3NO6/c11-10(12,13)4-19-5-20-8-6(9(15)16)2-1-3-7(8)14(17)18/h1-3H,4-5H2,(H,15,16). The number of rotatable bonds is 6. The van der Waals surface area contributed by atoms with E-state index in [0.29, 0.717) is 0 Å². The first-order chi connectivity index (χ1) is 9.22. The minimum Gasteiger partial charge on any atom is -0.478 e. The molecule has 0 bridgehead atoms. The lowest BCUT2D eigenvalue weighted by Crippen LogP contribution is -2.19. The van der Waals surface area contributed by atoms with Gasteiger partial charge in [0.15, 0.2) is 6.79 Å². The molecule has 0 amide bonds. The fourth-order valence-electron chi connectivity index (χ4n) is 1.25. The highest BCUT2D eigenvalue weighted by Crippen LogP contribution is 2.31. The van der Waals surface area contributed by atoms with E-state index in [9.17, 15) is 28.1 Å². The molecule has 0 unspecified atom stereocenters. The number of benzene rings is 1. The molecule has 0 saturated heterocycles. The van der Waals surface area contributed by atoms with Crippen molar-refractivity contribution in [1.29, 1.82) is 0 Å². The number of carboxylic acids is 1. The number of hydrogen-bond acceptors (Lipinski definition) is 5. The van der Waals surface area contributed by atoms with Gasteiger partial charge in [-0.3, -0.25) is 10.1 Å². The van der Waals surface area contributed by atoms with Crippen LogP contribution in [-0.4, -0.2) is 35.6 Å². The molecule has 110 valence electrons. The fourth-order valence-corrected chi connectivity index (χ4v) is 1.25. The van der Waals surface area contributed by atoms with Gasteiger partial charge in [0.05, 0.1) is 4.92 Å². The molecular weight excluding hydrogens is 287 g/mol. The van der Waals surface area contributed by atoms with Gasteiger partial charge in [-0.05, 0) is 6.07 Å². The number of nitro groups is 1. The Balaban J connectivity index is 2.86. The lowest BCUT2D eigenvalue weighted by atomic mass is 10.2. The Bertz CT molecular complexity index is 484. The van der Waals surface area contributed by atoms with Crippen molar-refractivity contribution in [3.05, 3.63) is 33.9 Å². The molecule has 0 aliphatic rings. The fraction of sp³-hybridized carbons (Fsp3) is 0.300. The Kier molecular flexibility index (Phi) is 4.86. The molecule has 0 spiro atoms. The van der Waals surface area contributed by atoms with Gasteiger partial charge in [-0.1, -0.05) is 6.07 Å². The number of hydrogen-bond donors (Lipinski definition) is 1. The van der Waals surface area contributed by atoms with Crippen molar-refractivity contribution < 1.29 is 37.5 Å². The van der Waals surface area contributed by atoms with Crippen molar-refractivity contribution in [3.63, 3.8) is 0 Å². The number of ether oxygens (including phenoxy) is 2. The molecule has 10 heteroatoms. The van der Waals surface area contributed by atoms with Crippen molar-refractivity contribution >= 4 is 11.7 Å². The summed E-state index contributed by atoms with van der Waals surface area (Å²) in [6, 6.07) is 3.10. The van der Waals surface area contributed by atoms with Gasteiger partial charge in [0, 0.05) is 6.07 Å². The smallest absolute Gasteiger partial charge is 0.411 e. The van der Waals surface area contributed by atoms with E-state index in [-0.39, 0.29) is 0 Å². The molecule has 0 fully saturated rings. The lowest BCUT2D eigenvalue weighted by Gasteiger charge is -2.11. The first kappa shape index (κ1) is 15.7. The van der Waals surface area contributed by atoms with Gasteiger partial charge in [0.25, 0.3) is 0 Å². The highest BCUT2D eigenvalue weighted by molar-refractivity contribution is 5.92. The summed E-state index contributed by atoms with van der Waals surface area (Å²) in [5, 5.41) is 19.5. The van der Waals surface area contributed by atoms with Crippen LogP contribution >= 0.6 is 0 Å². The molecule has 0 aliphatic carbocycles. The average Bonchev–Trinajstić information content (AvgIpc) is 2.32. The van der Waals surface area contributed by atoms with Crippen molar-refractivity contribution in [2.45, 2.75) is 6.18 Å². The summed E-state index contributed by atoms with van der Waals surface area (Å²) >= 11 is 0. The van der Waals surface area contributed by atoms with Crippen LogP contribution in [0.15, 0.2) is 18.2 Å². The predicted molar refractivity (Wildman–Crippen MR) is 57.6 cm³/mol. The molecule has 0 radical (unpaired) electrons. The first-order valence-electron chi connectivity index (χ1n) is 5.00. The highest BCUT2D eigenvalue weighted by atomic mass is 19.4. The summed E-state index contributed by atoms with van der Waals surface area (Å²) in [5.74, 6) is -2.17. The minimum absolute atomic E-state index is 0.546. The number of para-hydroxylation sites is 1. The van der Waals surface area contributed by atoms with Gasteiger partial charge >= 0.3 is 17.8 Å². The van der Waals surface area contributed by atoms with E-state index in [0.717, 1.165) is 18.2 Å². The number of alkyl halides is 3. The molecule has 1 aromatic rings. The van der Waals surface area contributed by atoms with Crippen molar-refractivity contribution in [2.24, 2.45) is 0 Å². The van der Waals surface area contributed by atoms with Crippen molar-refractivity contribution in [3.8, 4) is 5.75 Å². The van der Waals surface area contributed by atoms with Gasteiger partial charge in [0.2, 0.25) is 5.75 Å². The third-order valence-electron chi connectivity index (χ3n) is 1.97. The number of nitrogens with zero attached hydrogens (tertiary/aromatic N) is 1. The van der Waals surface area contributed by atoms with E-state index >= 15 is 0 Å². The SMILES string of the molecule is O=C(O)c1cccc([N+](=O)[O-])c1OCOCC(F)(F)F. The molecule has 0 saturated carbocycles. The number of carbonyl (C=O) groups is 1. The summed E-state index contributed by atoms with van der Waals surface area (Å²) < 4.78 is 44.2. The van der Waals surface area contributed by atoms with Crippen LogP contribution in [0.1, 0.15) is 10.4 Å². The number of carboxylic acid groups (broad SMARTS) is 1. The van der Waals surface area contributed by atoms with Gasteiger partial charge in [-0.25, -0.2) is 4.79 Å². The summed E-state index contributed by atoms with van der Waals surface area (Å²) in [4.78, 5) is 20.7. The largest absolute Gasteiger partial charge is 0.478 e. The third kappa shape index (κ3) is 4.39. The molecule has 1 rings (SSSR count). The van der Waals surface area contributed by atoms with E-state index in [1.807, 2.05) is 0 Å². The van der Waals surface area contributed by atoms with Gasteiger partial charge in [-0.15, -0.1) is 0 Å².